The van der Waals surface area contributed by atoms with E-state index in [4.69, 9.17) is 4.74 Å². The van der Waals surface area contributed by atoms with Crippen molar-refractivity contribution >= 4 is 0 Å². The van der Waals surface area contributed by atoms with E-state index in [1.807, 2.05) is 0 Å². The molecular weight excluding hydrogens is 236 g/mol. The van der Waals surface area contributed by atoms with Crippen LogP contribution in [0.4, 0.5) is 0 Å². The summed E-state index contributed by atoms with van der Waals surface area (Å²) >= 11 is 0. The standard InChI is InChI=1S/C16H26N2O/c1-3-8-17-12-15-7-6-14(11-16(15)19-2)13-18-9-4-5-10-18/h6-7,11,17H,3-5,8-10,12-13H2,1-2H3. The number of rotatable bonds is 7. The van der Waals surface area contributed by atoms with E-state index >= 15 is 0 Å². The van der Waals surface area contributed by atoms with E-state index in [-0.39, 0.29) is 0 Å². The van der Waals surface area contributed by atoms with Gasteiger partial charge in [-0.3, -0.25) is 4.90 Å². The zero-order chi connectivity index (χ0) is 13.5. The highest BCUT2D eigenvalue weighted by Gasteiger charge is 2.12. The molecule has 0 spiro atoms. The van der Waals surface area contributed by atoms with E-state index in [0.29, 0.717) is 0 Å². The molecule has 1 heterocycles. The van der Waals surface area contributed by atoms with Crippen molar-refractivity contribution in [3.8, 4) is 5.75 Å². The Bertz CT molecular complexity index is 386. The predicted molar refractivity (Wildman–Crippen MR) is 79.5 cm³/mol. The van der Waals surface area contributed by atoms with Crippen molar-refractivity contribution in [3.05, 3.63) is 29.3 Å². The van der Waals surface area contributed by atoms with Gasteiger partial charge in [0, 0.05) is 18.7 Å². The Balaban J connectivity index is 1.98. The first-order chi connectivity index (χ1) is 9.33. The number of hydrogen-bond acceptors (Lipinski definition) is 3. The van der Waals surface area contributed by atoms with Gasteiger partial charge in [-0.05, 0) is 50.5 Å². The lowest BCUT2D eigenvalue weighted by molar-refractivity contribution is 0.330. The van der Waals surface area contributed by atoms with E-state index in [1.54, 1.807) is 7.11 Å². The minimum Gasteiger partial charge on any atom is -0.496 e. The van der Waals surface area contributed by atoms with Gasteiger partial charge in [0.05, 0.1) is 7.11 Å². The Morgan fingerprint density at radius 1 is 1.26 bits per heavy atom. The summed E-state index contributed by atoms with van der Waals surface area (Å²) in [7, 11) is 1.76. The van der Waals surface area contributed by atoms with E-state index in [1.165, 1.54) is 37.1 Å². The highest BCUT2D eigenvalue weighted by atomic mass is 16.5. The Hall–Kier alpha value is -1.06. The molecule has 0 aliphatic carbocycles. The highest BCUT2D eigenvalue weighted by Crippen LogP contribution is 2.22. The molecule has 3 heteroatoms. The van der Waals surface area contributed by atoms with Crippen LogP contribution in [0.15, 0.2) is 18.2 Å². The maximum Gasteiger partial charge on any atom is 0.123 e. The number of nitrogens with zero attached hydrogens (tertiary/aromatic N) is 1. The van der Waals surface area contributed by atoms with Crippen molar-refractivity contribution in [2.45, 2.75) is 39.3 Å². The topological polar surface area (TPSA) is 24.5 Å². The van der Waals surface area contributed by atoms with Crippen LogP contribution in [-0.2, 0) is 13.1 Å². The van der Waals surface area contributed by atoms with Crippen LogP contribution in [0, 0.1) is 0 Å². The molecule has 1 saturated heterocycles. The molecule has 0 radical (unpaired) electrons. The first-order valence-corrected chi connectivity index (χ1v) is 7.42. The summed E-state index contributed by atoms with van der Waals surface area (Å²) in [5, 5.41) is 3.43. The smallest absolute Gasteiger partial charge is 0.123 e. The predicted octanol–water partition coefficient (Wildman–Crippen LogP) is 2.79. The average Bonchev–Trinajstić information content (AvgIpc) is 2.93. The summed E-state index contributed by atoms with van der Waals surface area (Å²) in [4.78, 5) is 2.52. The number of benzene rings is 1. The Labute approximate surface area is 116 Å². The van der Waals surface area contributed by atoms with Crippen molar-refractivity contribution in [1.29, 1.82) is 0 Å². The molecule has 1 N–H and O–H groups in total. The number of nitrogens with one attached hydrogen (secondary N) is 1. The van der Waals surface area contributed by atoms with Crippen LogP contribution in [0.2, 0.25) is 0 Å². The van der Waals surface area contributed by atoms with Gasteiger partial charge in [-0.2, -0.15) is 0 Å². The lowest BCUT2D eigenvalue weighted by Crippen LogP contribution is -2.18. The molecule has 0 amide bonds. The maximum absolute atomic E-state index is 5.52. The lowest BCUT2D eigenvalue weighted by atomic mass is 10.1. The molecule has 2 rings (SSSR count). The van der Waals surface area contributed by atoms with Crippen LogP contribution in [-0.4, -0.2) is 31.6 Å². The zero-order valence-electron chi connectivity index (χ0n) is 12.2. The van der Waals surface area contributed by atoms with Gasteiger partial charge >= 0.3 is 0 Å². The Morgan fingerprint density at radius 2 is 2.05 bits per heavy atom. The average molecular weight is 262 g/mol. The van der Waals surface area contributed by atoms with Gasteiger partial charge in [0.1, 0.15) is 5.75 Å². The third-order valence-electron chi connectivity index (χ3n) is 3.70. The molecule has 1 aromatic carbocycles. The van der Waals surface area contributed by atoms with E-state index in [0.717, 1.165) is 31.8 Å². The van der Waals surface area contributed by atoms with Crippen LogP contribution in [0.25, 0.3) is 0 Å². The summed E-state index contributed by atoms with van der Waals surface area (Å²) in [6, 6.07) is 6.64. The molecule has 0 saturated carbocycles. The van der Waals surface area contributed by atoms with Gasteiger partial charge in [-0.1, -0.05) is 19.1 Å². The van der Waals surface area contributed by atoms with Crippen LogP contribution in [0.5, 0.6) is 5.75 Å². The normalized spacial score (nSPS) is 15.9. The van der Waals surface area contributed by atoms with Gasteiger partial charge < -0.3 is 10.1 Å². The molecular formula is C16H26N2O. The first-order valence-electron chi connectivity index (χ1n) is 7.42. The molecule has 0 unspecified atom stereocenters. The number of hydrogen-bond donors (Lipinski definition) is 1. The van der Waals surface area contributed by atoms with Crippen molar-refractivity contribution < 1.29 is 4.74 Å². The van der Waals surface area contributed by atoms with Crippen molar-refractivity contribution in [2.75, 3.05) is 26.7 Å². The lowest BCUT2D eigenvalue weighted by Gasteiger charge is -2.16. The molecule has 1 aliphatic heterocycles. The first kappa shape index (κ1) is 14.4. The fraction of sp³-hybridized carbons (Fsp3) is 0.625. The van der Waals surface area contributed by atoms with Crippen molar-refractivity contribution in [3.63, 3.8) is 0 Å². The van der Waals surface area contributed by atoms with Crippen LogP contribution < -0.4 is 10.1 Å². The second kappa shape index (κ2) is 7.51. The Morgan fingerprint density at radius 3 is 2.74 bits per heavy atom. The second-order valence-electron chi connectivity index (χ2n) is 5.31. The number of ether oxygens (including phenoxy) is 1. The van der Waals surface area contributed by atoms with Crippen LogP contribution in [0.3, 0.4) is 0 Å². The van der Waals surface area contributed by atoms with Crippen molar-refractivity contribution in [1.82, 2.24) is 10.2 Å². The number of likely N-dealkylation sites (tertiary alicyclic amines) is 1. The second-order valence-corrected chi connectivity index (χ2v) is 5.31. The SMILES string of the molecule is CCCNCc1ccc(CN2CCCC2)cc1OC. The van der Waals surface area contributed by atoms with E-state index in [9.17, 15) is 0 Å². The van der Waals surface area contributed by atoms with E-state index < -0.39 is 0 Å². The van der Waals surface area contributed by atoms with Crippen LogP contribution in [0.1, 0.15) is 37.3 Å². The third kappa shape index (κ3) is 4.22. The van der Waals surface area contributed by atoms with Gasteiger partial charge in [-0.15, -0.1) is 0 Å². The molecule has 1 fully saturated rings. The highest BCUT2D eigenvalue weighted by molar-refractivity contribution is 5.37. The fourth-order valence-electron chi connectivity index (χ4n) is 2.63. The minimum atomic E-state index is 0.890. The monoisotopic (exact) mass is 262 g/mol. The minimum absolute atomic E-state index is 0.890. The zero-order valence-corrected chi connectivity index (χ0v) is 12.2. The van der Waals surface area contributed by atoms with Gasteiger partial charge in [0.2, 0.25) is 0 Å². The quantitative estimate of drug-likeness (QED) is 0.765. The molecule has 0 aromatic heterocycles. The third-order valence-corrected chi connectivity index (χ3v) is 3.70. The summed E-state index contributed by atoms with van der Waals surface area (Å²) in [6.07, 6.45) is 3.85. The molecule has 3 nitrogen and oxygen atoms in total. The summed E-state index contributed by atoms with van der Waals surface area (Å²) in [5.74, 6) is 1.01. The molecule has 0 atom stereocenters. The molecule has 1 aliphatic rings. The summed E-state index contributed by atoms with van der Waals surface area (Å²) in [5.41, 5.74) is 2.61. The van der Waals surface area contributed by atoms with Gasteiger partial charge in [0.25, 0.3) is 0 Å². The van der Waals surface area contributed by atoms with Gasteiger partial charge in [0.15, 0.2) is 0 Å². The Kier molecular flexibility index (Phi) is 5.67. The molecule has 0 bridgehead atoms. The fourth-order valence-corrected chi connectivity index (χ4v) is 2.63. The van der Waals surface area contributed by atoms with Crippen molar-refractivity contribution in [2.24, 2.45) is 0 Å². The van der Waals surface area contributed by atoms with Crippen LogP contribution >= 0.6 is 0 Å². The van der Waals surface area contributed by atoms with E-state index in [2.05, 4.69) is 35.3 Å². The molecule has 1 aromatic rings. The summed E-state index contributed by atoms with van der Waals surface area (Å²) in [6.45, 7) is 7.66. The number of methoxy groups -OCH3 is 1. The van der Waals surface area contributed by atoms with Gasteiger partial charge in [-0.25, -0.2) is 0 Å². The largest absolute Gasteiger partial charge is 0.496 e. The molecule has 19 heavy (non-hydrogen) atoms. The summed E-state index contributed by atoms with van der Waals surface area (Å²) < 4.78 is 5.52. The maximum atomic E-state index is 5.52. The molecule has 106 valence electrons.